The summed E-state index contributed by atoms with van der Waals surface area (Å²) in [6.45, 7) is 10.9. The highest BCUT2D eigenvalue weighted by Gasteiger charge is 2.23. The van der Waals surface area contributed by atoms with E-state index in [-0.39, 0.29) is 11.5 Å². The largest absolute Gasteiger partial charge is 0.328 e. The molecule has 1 aromatic rings. The molecule has 0 aliphatic heterocycles. The predicted molar refractivity (Wildman–Crippen MR) is 67.2 cm³/mol. The van der Waals surface area contributed by atoms with Crippen LogP contribution in [-0.4, -0.2) is 6.04 Å². The van der Waals surface area contributed by atoms with Crippen LogP contribution in [0.15, 0.2) is 18.2 Å². The first-order valence-corrected chi connectivity index (χ1v) is 5.66. The zero-order valence-electron chi connectivity index (χ0n) is 10.6. The van der Waals surface area contributed by atoms with Gasteiger partial charge in [-0.05, 0) is 43.7 Å². The van der Waals surface area contributed by atoms with Crippen molar-refractivity contribution in [2.75, 3.05) is 0 Å². The number of rotatable bonds is 3. The molecular formula is C14H23N. The van der Waals surface area contributed by atoms with Crippen molar-refractivity contribution in [1.29, 1.82) is 0 Å². The summed E-state index contributed by atoms with van der Waals surface area (Å²) in [5.74, 6) is 0. The van der Waals surface area contributed by atoms with E-state index in [0.29, 0.717) is 0 Å². The summed E-state index contributed by atoms with van der Waals surface area (Å²) in [5.41, 5.74) is 10.2. The van der Waals surface area contributed by atoms with Crippen LogP contribution in [-0.2, 0) is 5.41 Å². The van der Waals surface area contributed by atoms with E-state index in [1.54, 1.807) is 0 Å². The first kappa shape index (κ1) is 12.3. The van der Waals surface area contributed by atoms with Crippen molar-refractivity contribution in [2.45, 2.75) is 52.5 Å². The van der Waals surface area contributed by atoms with Gasteiger partial charge in [0.2, 0.25) is 0 Å². The normalized spacial score (nSPS) is 14.0. The molecule has 0 heterocycles. The van der Waals surface area contributed by atoms with Gasteiger partial charge in [0.05, 0.1) is 0 Å². The molecule has 1 rings (SSSR count). The van der Waals surface area contributed by atoms with Crippen LogP contribution >= 0.6 is 0 Å². The standard InChI is InChI=1S/C14H23N/c1-10-6-7-13(11(2)8-10)14(4,5)9-12(3)15/h6-8,12H,9,15H2,1-5H3. The number of benzene rings is 1. The second kappa shape index (κ2) is 4.36. The van der Waals surface area contributed by atoms with Crippen molar-refractivity contribution >= 4 is 0 Å². The Morgan fingerprint density at radius 1 is 1.27 bits per heavy atom. The summed E-state index contributed by atoms with van der Waals surface area (Å²) in [5, 5.41) is 0. The van der Waals surface area contributed by atoms with Crippen LogP contribution in [0.3, 0.4) is 0 Å². The summed E-state index contributed by atoms with van der Waals surface area (Å²) < 4.78 is 0. The first-order chi connectivity index (χ1) is 6.83. The molecule has 0 spiro atoms. The SMILES string of the molecule is Cc1ccc(C(C)(C)CC(C)N)c(C)c1. The van der Waals surface area contributed by atoms with E-state index in [1.165, 1.54) is 16.7 Å². The Morgan fingerprint density at radius 3 is 2.33 bits per heavy atom. The molecule has 0 aliphatic carbocycles. The molecular weight excluding hydrogens is 182 g/mol. The van der Waals surface area contributed by atoms with Gasteiger partial charge in [0.15, 0.2) is 0 Å². The summed E-state index contributed by atoms with van der Waals surface area (Å²) in [6, 6.07) is 6.93. The van der Waals surface area contributed by atoms with E-state index in [0.717, 1.165) is 6.42 Å². The molecule has 0 amide bonds. The molecule has 1 nitrogen and oxygen atoms in total. The molecule has 84 valence electrons. The van der Waals surface area contributed by atoms with E-state index < -0.39 is 0 Å². The molecule has 1 unspecified atom stereocenters. The predicted octanol–water partition coefficient (Wildman–Crippen LogP) is 3.32. The number of hydrogen-bond acceptors (Lipinski definition) is 1. The van der Waals surface area contributed by atoms with E-state index in [2.05, 4.69) is 52.8 Å². The minimum Gasteiger partial charge on any atom is -0.328 e. The van der Waals surface area contributed by atoms with Gasteiger partial charge in [-0.2, -0.15) is 0 Å². The zero-order valence-corrected chi connectivity index (χ0v) is 10.6. The molecule has 1 aromatic carbocycles. The third-order valence-corrected chi connectivity index (χ3v) is 2.94. The Bertz CT molecular complexity index is 337. The van der Waals surface area contributed by atoms with Crippen LogP contribution in [0, 0.1) is 13.8 Å². The molecule has 0 aromatic heterocycles. The van der Waals surface area contributed by atoms with Crippen LogP contribution in [0.2, 0.25) is 0 Å². The lowest BCUT2D eigenvalue weighted by Crippen LogP contribution is -2.28. The topological polar surface area (TPSA) is 26.0 Å². The average Bonchev–Trinajstić information content (AvgIpc) is 1.99. The van der Waals surface area contributed by atoms with Crippen LogP contribution in [0.4, 0.5) is 0 Å². The highest BCUT2D eigenvalue weighted by atomic mass is 14.6. The lowest BCUT2D eigenvalue weighted by molar-refractivity contribution is 0.435. The second-order valence-electron chi connectivity index (χ2n) is 5.38. The van der Waals surface area contributed by atoms with Crippen molar-refractivity contribution in [3.63, 3.8) is 0 Å². The third kappa shape index (κ3) is 3.07. The maximum atomic E-state index is 5.90. The van der Waals surface area contributed by atoms with Crippen molar-refractivity contribution in [3.05, 3.63) is 34.9 Å². The smallest absolute Gasteiger partial charge is 0.00187 e. The quantitative estimate of drug-likeness (QED) is 0.805. The maximum absolute atomic E-state index is 5.90. The molecule has 0 radical (unpaired) electrons. The Balaban J connectivity index is 3.04. The van der Waals surface area contributed by atoms with Crippen LogP contribution in [0.5, 0.6) is 0 Å². The van der Waals surface area contributed by atoms with Gasteiger partial charge >= 0.3 is 0 Å². The van der Waals surface area contributed by atoms with Crippen molar-refractivity contribution < 1.29 is 0 Å². The molecule has 0 saturated heterocycles. The summed E-state index contributed by atoms with van der Waals surface area (Å²) in [6.07, 6.45) is 1.02. The van der Waals surface area contributed by atoms with Gasteiger partial charge in [-0.1, -0.05) is 37.6 Å². The van der Waals surface area contributed by atoms with Gasteiger partial charge in [-0.15, -0.1) is 0 Å². The first-order valence-electron chi connectivity index (χ1n) is 5.66. The minimum atomic E-state index is 0.173. The fourth-order valence-electron chi connectivity index (χ4n) is 2.49. The van der Waals surface area contributed by atoms with Gasteiger partial charge in [-0.25, -0.2) is 0 Å². The second-order valence-corrected chi connectivity index (χ2v) is 5.38. The van der Waals surface area contributed by atoms with Crippen LogP contribution < -0.4 is 5.73 Å². The highest BCUT2D eigenvalue weighted by molar-refractivity contribution is 5.35. The number of hydrogen-bond donors (Lipinski definition) is 1. The van der Waals surface area contributed by atoms with Gasteiger partial charge in [0.1, 0.15) is 0 Å². The maximum Gasteiger partial charge on any atom is 0.00187 e. The summed E-state index contributed by atoms with van der Waals surface area (Å²) in [4.78, 5) is 0. The molecule has 2 N–H and O–H groups in total. The average molecular weight is 205 g/mol. The monoisotopic (exact) mass is 205 g/mol. The van der Waals surface area contributed by atoms with Gasteiger partial charge < -0.3 is 5.73 Å². The highest BCUT2D eigenvalue weighted by Crippen LogP contribution is 2.30. The zero-order chi connectivity index (χ0) is 11.6. The molecule has 0 fully saturated rings. The van der Waals surface area contributed by atoms with E-state index in [9.17, 15) is 0 Å². The number of nitrogens with two attached hydrogens (primary N) is 1. The molecule has 0 bridgehead atoms. The van der Waals surface area contributed by atoms with Crippen molar-refractivity contribution in [2.24, 2.45) is 5.73 Å². The fraction of sp³-hybridized carbons (Fsp3) is 0.571. The molecule has 1 heteroatoms. The summed E-state index contributed by atoms with van der Waals surface area (Å²) >= 11 is 0. The molecule has 1 atom stereocenters. The Kier molecular flexibility index (Phi) is 3.56. The fourth-order valence-corrected chi connectivity index (χ4v) is 2.49. The Hall–Kier alpha value is -0.820. The Labute approximate surface area is 93.7 Å². The van der Waals surface area contributed by atoms with Crippen molar-refractivity contribution in [3.8, 4) is 0 Å². The minimum absolute atomic E-state index is 0.173. The van der Waals surface area contributed by atoms with Crippen molar-refractivity contribution in [1.82, 2.24) is 0 Å². The van der Waals surface area contributed by atoms with E-state index in [1.807, 2.05) is 0 Å². The van der Waals surface area contributed by atoms with Gasteiger partial charge in [0, 0.05) is 6.04 Å². The lowest BCUT2D eigenvalue weighted by atomic mass is 9.77. The number of aryl methyl sites for hydroxylation is 2. The van der Waals surface area contributed by atoms with Gasteiger partial charge in [-0.3, -0.25) is 0 Å². The van der Waals surface area contributed by atoms with E-state index in [4.69, 9.17) is 5.73 Å². The van der Waals surface area contributed by atoms with Crippen LogP contribution in [0.1, 0.15) is 43.9 Å². The third-order valence-electron chi connectivity index (χ3n) is 2.94. The van der Waals surface area contributed by atoms with E-state index >= 15 is 0 Å². The molecule has 0 saturated carbocycles. The van der Waals surface area contributed by atoms with Crippen LogP contribution in [0.25, 0.3) is 0 Å². The Morgan fingerprint density at radius 2 is 1.87 bits per heavy atom. The molecule has 15 heavy (non-hydrogen) atoms. The summed E-state index contributed by atoms with van der Waals surface area (Å²) in [7, 11) is 0. The molecule has 0 aliphatic rings. The lowest BCUT2D eigenvalue weighted by Gasteiger charge is -2.29. The van der Waals surface area contributed by atoms with Gasteiger partial charge in [0.25, 0.3) is 0 Å².